The Bertz CT molecular complexity index is 1200. The van der Waals surface area contributed by atoms with Crippen molar-refractivity contribution in [1.29, 1.82) is 0 Å². The van der Waals surface area contributed by atoms with Gasteiger partial charge in [0.2, 0.25) is 0 Å². The van der Waals surface area contributed by atoms with E-state index >= 15 is 0 Å². The van der Waals surface area contributed by atoms with Crippen LogP contribution in [0.15, 0.2) is 49.1 Å². The number of aliphatic hydroxyl groups excluding tert-OH is 3. The third-order valence-corrected chi connectivity index (χ3v) is 5.82. The molecule has 1 fully saturated rings. The molecule has 1 aliphatic heterocycles. The Hall–Kier alpha value is -2.78. The fourth-order valence-corrected chi connectivity index (χ4v) is 4.13. The van der Waals surface area contributed by atoms with E-state index in [9.17, 15) is 15.3 Å². The van der Waals surface area contributed by atoms with E-state index < -0.39 is 30.6 Å². The van der Waals surface area contributed by atoms with Gasteiger partial charge in [0.25, 0.3) is 0 Å². The van der Waals surface area contributed by atoms with Gasteiger partial charge in [-0.1, -0.05) is 12.1 Å². The molecule has 0 spiro atoms. The Balaban J connectivity index is 1.48. The number of hydrogen-bond donors (Lipinski definition) is 3. The van der Waals surface area contributed by atoms with E-state index in [1.54, 1.807) is 10.8 Å². The topological polar surface area (TPSA) is 106 Å². The minimum absolute atomic E-state index is 0.606. The van der Waals surface area contributed by atoms with Gasteiger partial charge in [-0.2, -0.15) is 0 Å². The van der Waals surface area contributed by atoms with Crippen LogP contribution in [0, 0.1) is 6.92 Å². The average Bonchev–Trinajstić information content (AvgIpc) is 3.39. The van der Waals surface area contributed by atoms with Gasteiger partial charge in [-0.05, 0) is 36.1 Å². The highest BCUT2D eigenvalue weighted by atomic mass is 16.6. The molecule has 0 aliphatic carbocycles. The van der Waals surface area contributed by atoms with Crippen molar-refractivity contribution in [2.24, 2.45) is 7.05 Å². The molecule has 150 valence electrons. The maximum Gasteiger partial charge on any atom is 0.164 e. The number of benzene rings is 1. The molecule has 1 aliphatic rings. The third kappa shape index (κ3) is 2.76. The van der Waals surface area contributed by atoms with Crippen LogP contribution >= 0.6 is 0 Å². The van der Waals surface area contributed by atoms with Crippen molar-refractivity contribution >= 4 is 21.9 Å². The minimum atomic E-state index is -1.25. The van der Waals surface area contributed by atoms with Gasteiger partial charge in [-0.15, -0.1) is 0 Å². The third-order valence-electron chi connectivity index (χ3n) is 5.82. The Labute approximate surface area is 166 Å². The number of hydrogen-bond acceptors (Lipinski definition) is 6. The van der Waals surface area contributed by atoms with Gasteiger partial charge in [0.05, 0.1) is 5.69 Å². The monoisotopic (exact) mass is 394 g/mol. The van der Waals surface area contributed by atoms with Crippen LogP contribution < -0.4 is 0 Å². The number of rotatable bonds is 3. The molecule has 1 saturated heterocycles. The van der Waals surface area contributed by atoms with E-state index in [0.717, 1.165) is 22.0 Å². The van der Waals surface area contributed by atoms with Gasteiger partial charge in [0, 0.05) is 30.3 Å². The Morgan fingerprint density at radius 3 is 2.72 bits per heavy atom. The second-order valence-corrected chi connectivity index (χ2v) is 7.58. The van der Waals surface area contributed by atoms with Crippen molar-refractivity contribution in [2.45, 2.75) is 37.6 Å². The summed E-state index contributed by atoms with van der Waals surface area (Å²) in [6.45, 7) is 1.88. The fourth-order valence-electron chi connectivity index (χ4n) is 4.13. The Morgan fingerprint density at radius 1 is 1.07 bits per heavy atom. The summed E-state index contributed by atoms with van der Waals surface area (Å²) in [6.07, 6.45) is -0.252. The van der Waals surface area contributed by atoms with Crippen molar-refractivity contribution in [1.82, 2.24) is 19.1 Å². The quantitative estimate of drug-likeness (QED) is 0.487. The molecule has 0 unspecified atom stereocenters. The molecule has 4 heterocycles. The molecule has 4 aromatic rings. The average molecular weight is 394 g/mol. The van der Waals surface area contributed by atoms with Crippen LogP contribution in [0.2, 0.25) is 0 Å². The second kappa shape index (κ2) is 6.64. The van der Waals surface area contributed by atoms with Crippen LogP contribution in [0.1, 0.15) is 23.6 Å². The summed E-state index contributed by atoms with van der Waals surface area (Å²) in [7, 11) is 1.93. The molecule has 5 rings (SSSR count). The van der Waals surface area contributed by atoms with Crippen LogP contribution in [-0.4, -0.2) is 52.7 Å². The molecular weight excluding hydrogens is 372 g/mol. The first kappa shape index (κ1) is 18.3. The lowest BCUT2D eigenvalue weighted by Crippen LogP contribution is -2.34. The zero-order chi connectivity index (χ0) is 20.3. The maximum atomic E-state index is 10.9. The van der Waals surface area contributed by atoms with E-state index in [1.165, 1.54) is 6.33 Å². The Kier molecular flexibility index (Phi) is 4.18. The lowest BCUT2D eigenvalue weighted by atomic mass is 9.98. The molecule has 8 nitrogen and oxygen atoms in total. The van der Waals surface area contributed by atoms with E-state index in [0.29, 0.717) is 11.2 Å². The van der Waals surface area contributed by atoms with Crippen molar-refractivity contribution in [3.05, 3.63) is 60.3 Å². The number of fused-ring (bicyclic) bond motifs is 2. The number of aliphatic hydroxyl groups is 3. The molecule has 29 heavy (non-hydrogen) atoms. The normalized spacial score (nSPS) is 25.8. The van der Waals surface area contributed by atoms with Crippen LogP contribution in [0.25, 0.3) is 21.9 Å². The summed E-state index contributed by atoms with van der Waals surface area (Å²) in [4.78, 5) is 8.46. The van der Waals surface area contributed by atoms with E-state index in [1.807, 2.05) is 55.1 Å². The van der Waals surface area contributed by atoms with Crippen molar-refractivity contribution in [3.63, 3.8) is 0 Å². The first-order valence-corrected chi connectivity index (χ1v) is 9.48. The zero-order valence-electron chi connectivity index (χ0n) is 16.0. The molecule has 0 bridgehead atoms. The van der Waals surface area contributed by atoms with Gasteiger partial charge >= 0.3 is 0 Å². The first-order chi connectivity index (χ1) is 14.0. The zero-order valence-corrected chi connectivity index (χ0v) is 16.0. The molecular formula is C21H22N4O4. The highest BCUT2D eigenvalue weighted by Gasteiger charge is 2.47. The predicted octanol–water partition coefficient (Wildman–Crippen LogP) is 1.58. The minimum Gasteiger partial charge on any atom is -0.387 e. The number of ether oxygens (including phenoxy) is 1. The SMILES string of the molecule is Cc1ncnc2c1ccn2[C@@H]1O[C@H]([C@H](O)c2ccc3ccn(C)c3c2)[C@@H](O)[C@H]1O. The number of aromatic nitrogens is 4. The second-order valence-electron chi connectivity index (χ2n) is 7.58. The lowest BCUT2D eigenvalue weighted by molar-refractivity contribution is -0.0848. The number of aryl methyl sites for hydroxylation is 2. The van der Waals surface area contributed by atoms with E-state index in [4.69, 9.17) is 4.74 Å². The summed E-state index contributed by atoms with van der Waals surface area (Å²) < 4.78 is 9.60. The summed E-state index contributed by atoms with van der Waals surface area (Å²) in [5.74, 6) is 0. The maximum absolute atomic E-state index is 10.9. The summed E-state index contributed by atoms with van der Waals surface area (Å²) in [5, 5.41) is 34.1. The van der Waals surface area contributed by atoms with Crippen LogP contribution in [0.3, 0.4) is 0 Å². The smallest absolute Gasteiger partial charge is 0.164 e. The van der Waals surface area contributed by atoms with Crippen LogP contribution in [0.4, 0.5) is 0 Å². The van der Waals surface area contributed by atoms with Gasteiger partial charge in [-0.25, -0.2) is 9.97 Å². The van der Waals surface area contributed by atoms with Crippen molar-refractivity contribution in [2.75, 3.05) is 0 Å². The number of nitrogens with zero attached hydrogens (tertiary/aromatic N) is 4. The first-order valence-electron chi connectivity index (χ1n) is 9.48. The fraction of sp³-hybridized carbons (Fsp3) is 0.333. The Morgan fingerprint density at radius 2 is 1.90 bits per heavy atom. The molecule has 1 aromatic carbocycles. The molecule has 0 saturated carbocycles. The molecule has 0 radical (unpaired) electrons. The summed E-state index contributed by atoms with van der Waals surface area (Å²) in [6, 6.07) is 9.44. The lowest BCUT2D eigenvalue weighted by Gasteiger charge is -2.21. The van der Waals surface area contributed by atoms with Crippen LogP contribution in [0.5, 0.6) is 0 Å². The van der Waals surface area contributed by atoms with E-state index in [-0.39, 0.29) is 0 Å². The van der Waals surface area contributed by atoms with Gasteiger partial charge < -0.3 is 29.2 Å². The van der Waals surface area contributed by atoms with E-state index in [2.05, 4.69) is 9.97 Å². The highest BCUT2D eigenvalue weighted by molar-refractivity contribution is 5.81. The van der Waals surface area contributed by atoms with Gasteiger partial charge in [-0.3, -0.25) is 0 Å². The van der Waals surface area contributed by atoms with Gasteiger partial charge in [0.1, 0.15) is 36.4 Å². The van der Waals surface area contributed by atoms with Crippen molar-refractivity contribution < 1.29 is 20.1 Å². The summed E-state index contributed by atoms with van der Waals surface area (Å²) >= 11 is 0. The van der Waals surface area contributed by atoms with Crippen molar-refractivity contribution in [3.8, 4) is 0 Å². The molecule has 8 heteroatoms. The summed E-state index contributed by atoms with van der Waals surface area (Å²) in [5.41, 5.74) is 3.00. The molecule has 0 amide bonds. The largest absolute Gasteiger partial charge is 0.387 e. The predicted molar refractivity (Wildman–Crippen MR) is 106 cm³/mol. The molecule has 3 N–H and O–H groups in total. The van der Waals surface area contributed by atoms with Gasteiger partial charge in [0.15, 0.2) is 6.23 Å². The molecule has 5 atom stereocenters. The standard InChI is InChI=1S/C21H22N4O4/c1-11-14-6-8-25(20(14)23-10-22-11)21-18(28)17(27)19(29-21)16(26)13-4-3-12-5-7-24(2)15(12)9-13/h3-10,16-19,21,26-28H,1-2H3/t16-,17+,18-,19-,21-/m1/s1. The van der Waals surface area contributed by atoms with Crippen LogP contribution in [-0.2, 0) is 11.8 Å². The highest BCUT2D eigenvalue weighted by Crippen LogP contribution is 2.38. The molecule has 3 aromatic heterocycles.